The molecule has 20 heavy (non-hydrogen) atoms. The van der Waals surface area contributed by atoms with E-state index in [1.807, 2.05) is 25.3 Å². The molecule has 0 aliphatic carbocycles. The maximum absolute atomic E-state index is 5.74. The van der Waals surface area contributed by atoms with Gasteiger partial charge in [-0.25, -0.2) is 4.98 Å². The quantitative estimate of drug-likeness (QED) is 0.793. The van der Waals surface area contributed by atoms with E-state index in [2.05, 4.69) is 22.1 Å². The van der Waals surface area contributed by atoms with Crippen LogP contribution >= 0.6 is 0 Å². The smallest absolute Gasteiger partial charge is 0.171 e. The van der Waals surface area contributed by atoms with Crippen LogP contribution in [0.25, 0.3) is 0 Å². The predicted molar refractivity (Wildman–Crippen MR) is 83.6 cm³/mol. The van der Waals surface area contributed by atoms with E-state index < -0.39 is 0 Å². The number of nitrogens with one attached hydrogen (secondary N) is 1. The topological polar surface area (TPSA) is 37.4 Å². The summed E-state index contributed by atoms with van der Waals surface area (Å²) in [5, 5.41) is 3.57. The Kier molecular flexibility index (Phi) is 6.12. The van der Waals surface area contributed by atoms with Crippen molar-refractivity contribution in [3.05, 3.63) is 18.3 Å². The Hall–Kier alpha value is -1.29. The molecule has 1 aromatic heterocycles. The zero-order chi connectivity index (χ0) is 14.2. The van der Waals surface area contributed by atoms with Gasteiger partial charge in [0, 0.05) is 25.3 Å². The van der Waals surface area contributed by atoms with Crippen molar-refractivity contribution in [1.29, 1.82) is 0 Å². The van der Waals surface area contributed by atoms with Crippen LogP contribution in [-0.2, 0) is 0 Å². The van der Waals surface area contributed by atoms with E-state index in [-0.39, 0.29) is 0 Å². The van der Waals surface area contributed by atoms with Crippen LogP contribution < -0.4 is 15.0 Å². The lowest BCUT2D eigenvalue weighted by molar-refractivity contribution is 0.338. The molecule has 0 radical (unpaired) electrons. The van der Waals surface area contributed by atoms with Crippen LogP contribution in [0.5, 0.6) is 5.75 Å². The van der Waals surface area contributed by atoms with Crippen molar-refractivity contribution >= 4 is 5.82 Å². The molecule has 1 atom stereocenters. The van der Waals surface area contributed by atoms with Crippen LogP contribution in [0.1, 0.15) is 39.5 Å². The first-order chi connectivity index (χ1) is 9.85. The lowest BCUT2D eigenvalue weighted by Gasteiger charge is -2.28. The number of ether oxygens (including phenoxy) is 1. The number of hydrogen-bond donors (Lipinski definition) is 1. The average molecular weight is 277 g/mol. The van der Waals surface area contributed by atoms with Gasteiger partial charge in [0.15, 0.2) is 11.6 Å². The second kappa shape index (κ2) is 8.10. The molecule has 2 rings (SSSR count). The van der Waals surface area contributed by atoms with E-state index >= 15 is 0 Å². The highest BCUT2D eigenvalue weighted by atomic mass is 16.5. The zero-order valence-electron chi connectivity index (χ0n) is 12.8. The first-order valence-electron chi connectivity index (χ1n) is 7.91. The van der Waals surface area contributed by atoms with Crippen LogP contribution in [-0.4, -0.2) is 37.3 Å². The van der Waals surface area contributed by atoms with Crippen molar-refractivity contribution in [2.45, 2.75) is 45.6 Å². The molecular weight excluding hydrogens is 250 g/mol. The summed E-state index contributed by atoms with van der Waals surface area (Å²) in [4.78, 5) is 6.95. The minimum absolute atomic E-state index is 0.586. The third kappa shape index (κ3) is 4.10. The van der Waals surface area contributed by atoms with Crippen molar-refractivity contribution < 1.29 is 4.74 Å². The van der Waals surface area contributed by atoms with Gasteiger partial charge >= 0.3 is 0 Å². The second-order valence-corrected chi connectivity index (χ2v) is 5.35. The predicted octanol–water partition coefficient (Wildman–Crippen LogP) is 2.84. The summed E-state index contributed by atoms with van der Waals surface area (Å²) in [5.74, 6) is 1.90. The van der Waals surface area contributed by atoms with Crippen molar-refractivity contribution in [2.75, 3.05) is 31.1 Å². The van der Waals surface area contributed by atoms with E-state index in [4.69, 9.17) is 4.74 Å². The monoisotopic (exact) mass is 277 g/mol. The van der Waals surface area contributed by atoms with E-state index in [1.54, 1.807) is 0 Å². The summed E-state index contributed by atoms with van der Waals surface area (Å²) in [7, 11) is 0. The molecule has 1 fully saturated rings. The highest BCUT2D eigenvalue weighted by molar-refractivity contribution is 5.52. The van der Waals surface area contributed by atoms with Crippen molar-refractivity contribution in [1.82, 2.24) is 10.3 Å². The summed E-state index contributed by atoms with van der Waals surface area (Å²) in [5.41, 5.74) is 0. The molecule has 1 aliphatic rings. The Morgan fingerprint density at radius 1 is 1.45 bits per heavy atom. The maximum atomic E-state index is 5.74. The lowest BCUT2D eigenvalue weighted by Crippen LogP contribution is -2.38. The Labute approximate surface area is 122 Å². The minimum atomic E-state index is 0.586. The van der Waals surface area contributed by atoms with Gasteiger partial charge in [-0.2, -0.15) is 0 Å². The number of aromatic nitrogens is 1. The van der Waals surface area contributed by atoms with Gasteiger partial charge < -0.3 is 15.0 Å². The standard InChI is InChI=1S/C16H27N3O/c1-3-5-12-19(13-14-8-6-10-17-14)16-15(20-4-2)9-7-11-18-16/h7,9,11,14,17H,3-6,8,10,12-13H2,1-2H3. The first kappa shape index (κ1) is 15.1. The second-order valence-electron chi connectivity index (χ2n) is 5.35. The average Bonchev–Trinajstić information content (AvgIpc) is 2.97. The molecule has 1 unspecified atom stereocenters. The van der Waals surface area contributed by atoms with Gasteiger partial charge in [0.1, 0.15) is 0 Å². The van der Waals surface area contributed by atoms with Gasteiger partial charge in [-0.1, -0.05) is 13.3 Å². The summed E-state index contributed by atoms with van der Waals surface area (Å²) in [6, 6.07) is 4.55. The van der Waals surface area contributed by atoms with E-state index in [0.29, 0.717) is 12.6 Å². The van der Waals surface area contributed by atoms with Crippen LogP contribution in [0.2, 0.25) is 0 Å². The molecule has 4 heteroatoms. The summed E-state index contributed by atoms with van der Waals surface area (Å²) >= 11 is 0. The molecule has 112 valence electrons. The van der Waals surface area contributed by atoms with E-state index in [0.717, 1.165) is 31.2 Å². The fraction of sp³-hybridized carbons (Fsp3) is 0.688. The Balaban J connectivity index is 2.11. The normalized spacial score (nSPS) is 18.2. The molecule has 0 spiro atoms. The number of pyridine rings is 1. The minimum Gasteiger partial charge on any atom is -0.490 e. The van der Waals surface area contributed by atoms with E-state index in [9.17, 15) is 0 Å². The highest BCUT2D eigenvalue weighted by Gasteiger charge is 2.20. The Morgan fingerprint density at radius 2 is 2.35 bits per heavy atom. The van der Waals surface area contributed by atoms with Crippen molar-refractivity contribution in [2.24, 2.45) is 0 Å². The molecule has 0 bridgehead atoms. The van der Waals surface area contributed by atoms with E-state index in [1.165, 1.54) is 25.7 Å². The van der Waals surface area contributed by atoms with Gasteiger partial charge in [0.25, 0.3) is 0 Å². The number of rotatable bonds is 8. The van der Waals surface area contributed by atoms with Gasteiger partial charge in [-0.05, 0) is 44.9 Å². The van der Waals surface area contributed by atoms with Gasteiger partial charge in [0.05, 0.1) is 6.61 Å². The third-order valence-electron chi connectivity index (χ3n) is 3.73. The van der Waals surface area contributed by atoms with Gasteiger partial charge in [-0.15, -0.1) is 0 Å². The zero-order valence-corrected chi connectivity index (χ0v) is 12.8. The molecule has 1 saturated heterocycles. The largest absolute Gasteiger partial charge is 0.490 e. The molecule has 0 saturated carbocycles. The number of unbranched alkanes of at least 4 members (excludes halogenated alkanes) is 1. The Morgan fingerprint density at radius 3 is 3.05 bits per heavy atom. The number of nitrogens with zero attached hydrogens (tertiary/aromatic N) is 2. The molecule has 0 aromatic carbocycles. The molecule has 4 nitrogen and oxygen atoms in total. The Bertz CT molecular complexity index is 391. The molecule has 2 heterocycles. The van der Waals surface area contributed by atoms with Crippen LogP contribution in [0, 0.1) is 0 Å². The van der Waals surface area contributed by atoms with Gasteiger partial charge in [-0.3, -0.25) is 0 Å². The SMILES string of the molecule is CCCCN(CC1CCCN1)c1ncccc1OCC. The van der Waals surface area contributed by atoms with Crippen LogP contribution in [0.15, 0.2) is 18.3 Å². The van der Waals surface area contributed by atoms with Crippen LogP contribution in [0.3, 0.4) is 0 Å². The molecule has 0 amide bonds. The number of anilines is 1. The van der Waals surface area contributed by atoms with Crippen molar-refractivity contribution in [3.63, 3.8) is 0 Å². The molecule has 1 aliphatic heterocycles. The summed E-state index contributed by atoms with van der Waals surface area (Å²) in [6.45, 7) is 8.15. The molecular formula is C16H27N3O. The maximum Gasteiger partial charge on any atom is 0.171 e. The third-order valence-corrected chi connectivity index (χ3v) is 3.73. The van der Waals surface area contributed by atoms with Crippen LogP contribution in [0.4, 0.5) is 5.82 Å². The number of hydrogen-bond acceptors (Lipinski definition) is 4. The lowest BCUT2D eigenvalue weighted by atomic mass is 10.2. The molecule has 1 N–H and O–H groups in total. The van der Waals surface area contributed by atoms with Crippen molar-refractivity contribution in [3.8, 4) is 5.75 Å². The molecule has 1 aromatic rings. The van der Waals surface area contributed by atoms with Gasteiger partial charge in [0.2, 0.25) is 0 Å². The first-order valence-corrected chi connectivity index (χ1v) is 7.91. The summed E-state index contributed by atoms with van der Waals surface area (Å²) < 4.78 is 5.74. The summed E-state index contributed by atoms with van der Waals surface area (Å²) in [6.07, 6.45) is 6.80. The fourth-order valence-electron chi connectivity index (χ4n) is 2.70. The fourth-order valence-corrected chi connectivity index (χ4v) is 2.70. The highest BCUT2D eigenvalue weighted by Crippen LogP contribution is 2.26.